The van der Waals surface area contributed by atoms with Crippen molar-refractivity contribution in [3.8, 4) is 0 Å². The van der Waals surface area contributed by atoms with Crippen molar-refractivity contribution in [2.45, 2.75) is 97.4 Å². The number of likely N-dealkylation sites (tertiary alicyclic amines) is 1. The molecule has 6 unspecified atom stereocenters. The molecule has 4 heteroatoms. The Kier molecular flexibility index (Phi) is 6.33. The molecule has 0 aromatic carbocycles. The predicted molar refractivity (Wildman–Crippen MR) is 102 cm³/mol. The monoisotopic (exact) mass is 359 g/mol. The van der Waals surface area contributed by atoms with Gasteiger partial charge in [-0.05, 0) is 62.7 Å². The van der Waals surface area contributed by atoms with E-state index in [1.165, 1.54) is 38.5 Å². The van der Waals surface area contributed by atoms with Crippen LogP contribution >= 0.6 is 12.4 Å². The van der Waals surface area contributed by atoms with Gasteiger partial charge in [0.15, 0.2) is 0 Å². The van der Waals surface area contributed by atoms with Crippen molar-refractivity contribution in [3.63, 3.8) is 0 Å². The van der Waals surface area contributed by atoms with Crippen molar-refractivity contribution >= 4 is 12.4 Å². The number of β-amino-alcohol motifs (C(OH)–C–C–N with tert-alkyl or cyclic N) is 1. The third-order valence-corrected chi connectivity index (χ3v) is 7.39. The maximum Gasteiger partial charge on any atom is 0.0900 e. The lowest BCUT2D eigenvalue weighted by molar-refractivity contribution is -0.116. The fourth-order valence-corrected chi connectivity index (χ4v) is 6.01. The van der Waals surface area contributed by atoms with Crippen LogP contribution in [0.15, 0.2) is 0 Å². The minimum atomic E-state index is -0.364. The van der Waals surface area contributed by atoms with Gasteiger partial charge in [-0.3, -0.25) is 4.90 Å². The zero-order valence-corrected chi connectivity index (χ0v) is 17.1. The van der Waals surface area contributed by atoms with Gasteiger partial charge in [-0.1, -0.05) is 27.2 Å². The molecule has 0 aromatic heterocycles. The van der Waals surface area contributed by atoms with Gasteiger partial charge in [0, 0.05) is 18.6 Å². The van der Waals surface area contributed by atoms with Gasteiger partial charge in [0.1, 0.15) is 0 Å². The minimum absolute atomic E-state index is 0. The number of nitrogens with zero attached hydrogens (tertiary/aromatic N) is 1. The highest BCUT2D eigenvalue weighted by atomic mass is 35.5. The molecule has 0 amide bonds. The van der Waals surface area contributed by atoms with Gasteiger partial charge < -0.3 is 9.84 Å². The standard InChI is InChI=1S/C20H37NO2.ClH/c1-14-7-6-8-15(2)21(14)12-17(22)13-23-18-19(3,4)16-9-10-20(18,5)11-16;/h14-18,22H,6-13H2,1-5H3;1H. The van der Waals surface area contributed by atoms with Crippen molar-refractivity contribution in [1.82, 2.24) is 4.90 Å². The molecular formula is C20H38ClNO2. The highest BCUT2D eigenvalue weighted by Crippen LogP contribution is 2.63. The molecule has 0 aromatic rings. The van der Waals surface area contributed by atoms with Crippen molar-refractivity contribution in [1.29, 1.82) is 0 Å². The normalized spacial score (nSPS) is 42.8. The smallest absolute Gasteiger partial charge is 0.0900 e. The van der Waals surface area contributed by atoms with E-state index in [1.54, 1.807) is 0 Å². The largest absolute Gasteiger partial charge is 0.389 e. The number of piperidine rings is 1. The van der Waals surface area contributed by atoms with E-state index in [2.05, 4.69) is 39.5 Å². The molecule has 2 saturated carbocycles. The van der Waals surface area contributed by atoms with Crippen molar-refractivity contribution in [2.24, 2.45) is 16.7 Å². The van der Waals surface area contributed by atoms with Gasteiger partial charge in [0.2, 0.25) is 0 Å². The Morgan fingerprint density at radius 2 is 1.75 bits per heavy atom. The van der Waals surface area contributed by atoms with Crippen molar-refractivity contribution < 1.29 is 9.84 Å². The average molecular weight is 360 g/mol. The Morgan fingerprint density at radius 3 is 2.29 bits per heavy atom. The summed E-state index contributed by atoms with van der Waals surface area (Å²) in [4.78, 5) is 2.48. The quantitative estimate of drug-likeness (QED) is 0.795. The van der Waals surface area contributed by atoms with Crippen LogP contribution in [0.5, 0.6) is 0 Å². The third-order valence-electron chi connectivity index (χ3n) is 7.39. The average Bonchev–Trinajstić information content (AvgIpc) is 2.94. The molecule has 0 radical (unpaired) electrons. The first-order chi connectivity index (χ1) is 10.7. The Morgan fingerprint density at radius 1 is 1.12 bits per heavy atom. The molecule has 1 heterocycles. The van der Waals surface area contributed by atoms with Gasteiger partial charge in [-0.2, -0.15) is 0 Å². The van der Waals surface area contributed by atoms with Gasteiger partial charge in [-0.15, -0.1) is 12.4 Å². The molecule has 142 valence electrons. The molecule has 0 spiro atoms. The summed E-state index contributed by atoms with van der Waals surface area (Å²) in [5.74, 6) is 0.803. The van der Waals surface area contributed by atoms with Gasteiger partial charge in [0.25, 0.3) is 0 Å². The Hall–Kier alpha value is 0.170. The second-order valence-corrected chi connectivity index (χ2v) is 9.61. The molecule has 1 aliphatic heterocycles. The number of halogens is 1. The van der Waals surface area contributed by atoms with Crippen LogP contribution in [0.2, 0.25) is 0 Å². The van der Waals surface area contributed by atoms with E-state index < -0.39 is 0 Å². The summed E-state index contributed by atoms with van der Waals surface area (Å²) in [7, 11) is 0. The number of aliphatic hydroxyl groups excluding tert-OH is 1. The number of fused-ring (bicyclic) bond motifs is 2. The van der Waals surface area contributed by atoms with Crippen LogP contribution in [0, 0.1) is 16.7 Å². The fourth-order valence-electron chi connectivity index (χ4n) is 6.01. The van der Waals surface area contributed by atoms with E-state index >= 15 is 0 Å². The molecule has 1 saturated heterocycles. The molecule has 6 atom stereocenters. The first-order valence-electron chi connectivity index (χ1n) is 9.79. The van der Waals surface area contributed by atoms with E-state index in [0.717, 1.165) is 12.5 Å². The van der Waals surface area contributed by atoms with E-state index in [1.807, 2.05) is 0 Å². The summed E-state index contributed by atoms with van der Waals surface area (Å²) in [5.41, 5.74) is 0.595. The molecule has 3 rings (SSSR count). The highest BCUT2D eigenvalue weighted by molar-refractivity contribution is 5.85. The van der Waals surface area contributed by atoms with Crippen LogP contribution in [0.4, 0.5) is 0 Å². The number of ether oxygens (including phenoxy) is 1. The van der Waals surface area contributed by atoms with E-state index in [-0.39, 0.29) is 23.9 Å². The third kappa shape index (κ3) is 3.65. The maximum atomic E-state index is 10.6. The van der Waals surface area contributed by atoms with Crippen LogP contribution in [0.1, 0.15) is 73.1 Å². The molecule has 3 fully saturated rings. The van der Waals surface area contributed by atoms with Crippen LogP contribution in [0.3, 0.4) is 0 Å². The lowest BCUT2D eigenvalue weighted by atomic mass is 9.70. The fraction of sp³-hybridized carbons (Fsp3) is 1.00. The summed E-state index contributed by atoms with van der Waals surface area (Å²) in [6.45, 7) is 13.0. The Bertz CT molecular complexity index is 415. The predicted octanol–water partition coefficient (Wildman–Crippen LogP) is 4.26. The van der Waals surface area contributed by atoms with E-state index in [4.69, 9.17) is 4.74 Å². The maximum absolute atomic E-state index is 10.6. The first kappa shape index (κ1) is 20.5. The van der Waals surface area contributed by atoms with Crippen LogP contribution in [-0.2, 0) is 4.74 Å². The Labute approximate surface area is 154 Å². The van der Waals surface area contributed by atoms with Crippen molar-refractivity contribution in [2.75, 3.05) is 13.2 Å². The van der Waals surface area contributed by atoms with E-state index in [0.29, 0.717) is 30.2 Å². The molecule has 2 aliphatic carbocycles. The minimum Gasteiger partial charge on any atom is -0.389 e. The van der Waals surface area contributed by atoms with Gasteiger partial charge >= 0.3 is 0 Å². The number of aliphatic hydroxyl groups is 1. The molecular weight excluding hydrogens is 322 g/mol. The molecule has 3 nitrogen and oxygen atoms in total. The molecule has 1 N–H and O–H groups in total. The SMILES string of the molecule is CC1CCCC(C)N1CC(O)COC1C2(C)CCC(C2)C1(C)C.Cl. The van der Waals surface area contributed by atoms with Crippen LogP contribution < -0.4 is 0 Å². The summed E-state index contributed by atoms with van der Waals surface area (Å²) >= 11 is 0. The molecule has 2 bridgehead atoms. The summed E-state index contributed by atoms with van der Waals surface area (Å²) in [6, 6.07) is 1.18. The zero-order chi connectivity index (χ0) is 16.8. The highest BCUT2D eigenvalue weighted by Gasteiger charge is 2.60. The summed E-state index contributed by atoms with van der Waals surface area (Å²) < 4.78 is 6.35. The molecule has 3 aliphatic rings. The van der Waals surface area contributed by atoms with Crippen molar-refractivity contribution in [3.05, 3.63) is 0 Å². The lowest BCUT2D eigenvalue weighted by Crippen LogP contribution is -2.49. The summed E-state index contributed by atoms with van der Waals surface area (Å²) in [6.07, 6.45) is 7.73. The van der Waals surface area contributed by atoms with Gasteiger partial charge in [0.05, 0.1) is 18.8 Å². The van der Waals surface area contributed by atoms with Gasteiger partial charge in [-0.25, -0.2) is 0 Å². The zero-order valence-electron chi connectivity index (χ0n) is 16.3. The molecule has 24 heavy (non-hydrogen) atoms. The Balaban J connectivity index is 0.00000208. The van der Waals surface area contributed by atoms with Crippen LogP contribution in [0.25, 0.3) is 0 Å². The lowest BCUT2D eigenvalue weighted by Gasteiger charge is -2.43. The van der Waals surface area contributed by atoms with E-state index in [9.17, 15) is 5.11 Å². The number of hydrogen-bond acceptors (Lipinski definition) is 3. The number of hydrogen-bond donors (Lipinski definition) is 1. The second kappa shape index (κ2) is 7.42. The van der Waals surface area contributed by atoms with Crippen LogP contribution in [-0.4, -0.2) is 47.4 Å². The summed E-state index contributed by atoms with van der Waals surface area (Å²) in [5, 5.41) is 10.6. The topological polar surface area (TPSA) is 32.7 Å². The first-order valence-corrected chi connectivity index (χ1v) is 9.79. The second-order valence-electron chi connectivity index (χ2n) is 9.61. The number of rotatable bonds is 5.